The number of hydrogen-bond donors (Lipinski definition) is 2. The molecule has 0 spiro atoms. The highest BCUT2D eigenvalue weighted by atomic mass is 16.5. The molecule has 0 saturated heterocycles. The van der Waals surface area contributed by atoms with Gasteiger partial charge in [-0.3, -0.25) is 20.4 Å². The summed E-state index contributed by atoms with van der Waals surface area (Å²) in [7, 11) is 1.58. The van der Waals surface area contributed by atoms with Crippen molar-refractivity contribution in [1.82, 2.24) is 10.9 Å². The first kappa shape index (κ1) is 21.2. The van der Waals surface area contributed by atoms with E-state index < -0.39 is 5.91 Å². The fourth-order valence-corrected chi connectivity index (χ4v) is 3.11. The molecule has 3 aromatic rings. The number of aryl methyl sites for hydroxylation is 1. The number of ether oxygens (including phenoxy) is 2. The largest absolute Gasteiger partial charge is 0.497 e. The van der Waals surface area contributed by atoms with Crippen molar-refractivity contribution in [2.45, 2.75) is 33.1 Å². The molecule has 0 saturated carbocycles. The molecule has 1 heterocycles. The lowest BCUT2D eigenvalue weighted by Crippen LogP contribution is -2.44. The van der Waals surface area contributed by atoms with Crippen molar-refractivity contribution in [1.29, 1.82) is 0 Å². The average molecular weight is 410 g/mol. The molecule has 0 aliphatic heterocycles. The molecule has 0 atom stereocenters. The van der Waals surface area contributed by atoms with Crippen molar-refractivity contribution >= 4 is 22.8 Å². The molecule has 0 unspecified atom stereocenters. The first-order chi connectivity index (χ1) is 14.4. The number of hydrazine groups is 1. The summed E-state index contributed by atoms with van der Waals surface area (Å²) in [5.41, 5.74) is 8.22. The van der Waals surface area contributed by atoms with Crippen LogP contribution in [0.25, 0.3) is 11.0 Å². The Morgan fingerprint density at radius 2 is 1.83 bits per heavy atom. The van der Waals surface area contributed by atoms with Gasteiger partial charge in [-0.05, 0) is 42.2 Å². The summed E-state index contributed by atoms with van der Waals surface area (Å²) in [4.78, 5) is 24.3. The second kappa shape index (κ2) is 9.35. The topological polar surface area (TPSA) is 89.8 Å². The predicted molar refractivity (Wildman–Crippen MR) is 114 cm³/mol. The fraction of sp³-hybridized carbons (Fsp3) is 0.304. The number of carbonyl (C=O) groups excluding carboxylic acids is 2. The molecule has 0 bridgehead atoms. The number of hydrogen-bond acceptors (Lipinski definition) is 5. The SMILES string of the molecule is COc1ccc2c(CC(=O)NNC(=O)COc3cc(C)ccc3C(C)C)coc2c1. The summed E-state index contributed by atoms with van der Waals surface area (Å²) in [6.45, 7) is 5.89. The van der Waals surface area contributed by atoms with E-state index in [1.807, 2.05) is 31.2 Å². The monoisotopic (exact) mass is 410 g/mol. The third kappa shape index (κ3) is 5.11. The molecule has 0 aliphatic carbocycles. The average Bonchev–Trinajstić information content (AvgIpc) is 3.12. The van der Waals surface area contributed by atoms with E-state index in [-0.39, 0.29) is 24.9 Å². The van der Waals surface area contributed by atoms with Gasteiger partial charge in [0.1, 0.15) is 17.1 Å². The maximum absolute atomic E-state index is 12.2. The first-order valence-electron chi connectivity index (χ1n) is 9.72. The third-order valence-corrected chi connectivity index (χ3v) is 4.71. The molecule has 7 heteroatoms. The Morgan fingerprint density at radius 3 is 2.57 bits per heavy atom. The van der Waals surface area contributed by atoms with E-state index in [1.54, 1.807) is 19.2 Å². The number of benzene rings is 2. The van der Waals surface area contributed by atoms with Crippen LogP contribution < -0.4 is 20.3 Å². The minimum atomic E-state index is -0.443. The van der Waals surface area contributed by atoms with Crippen LogP contribution >= 0.6 is 0 Å². The van der Waals surface area contributed by atoms with Gasteiger partial charge in [-0.2, -0.15) is 0 Å². The zero-order chi connectivity index (χ0) is 21.7. The summed E-state index contributed by atoms with van der Waals surface area (Å²) in [6.07, 6.45) is 1.59. The van der Waals surface area contributed by atoms with E-state index in [1.165, 1.54) is 6.26 Å². The molecule has 7 nitrogen and oxygen atoms in total. The highest BCUT2D eigenvalue weighted by Gasteiger charge is 2.13. The molecule has 0 fully saturated rings. The van der Waals surface area contributed by atoms with Crippen LogP contribution in [0.2, 0.25) is 0 Å². The summed E-state index contributed by atoms with van der Waals surface area (Å²) in [6, 6.07) is 11.3. The van der Waals surface area contributed by atoms with Crippen LogP contribution in [0.1, 0.15) is 36.5 Å². The van der Waals surface area contributed by atoms with Gasteiger partial charge >= 0.3 is 0 Å². The maximum Gasteiger partial charge on any atom is 0.276 e. The Bertz CT molecular complexity index is 1050. The lowest BCUT2D eigenvalue weighted by atomic mass is 10.0. The van der Waals surface area contributed by atoms with Crippen molar-refractivity contribution in [2.24, 2.45) is 0 Å². The molecular formula is C23H26N2O5. The van der Waals surface area contributed by atoms with Gasteiger partial charge in [0, 0.05) is 17.0 Å². The summed E-state index contributed by atoms with van der Waals surface area (Å²) < 4.78 is 16.3. The Kier molecular flexibility index (Phi) is 6.61. The highest BCUT2D eigenvalue weighted by Crippen LogP contribution is 2.27. The molecule has 2 aromatic carbocycles. The van der Waals surface area contributed by atoms with Crippen molar-refractivity contribution in [2.75, 3.05) is 13.7 Å². The van der Waals surface area contributed by atoms with Crippen molar-refractivity contribution < 1.29 is 23.5 Å². The molecular weight excluding hydrogens is 384 g/mol. The zero-order valence-corrected chi connectivity index (χ0v) is 17.6. The third-order valence-electron chi connectivity index (χ3n) is 4.71. The van der Waals surface area contributed by atoms with Gasteiger partial charge in [-0.15, -0.1) is 0 Å². The number of amides is 2. The van der Waals surface area contributed by atoms with Gasteiger partial charge in [0.15, 0.2) is 6.61 Å². The Morgan fingerprint density at radius 1 is 1.07 bits per heavy atom. The van der Waals surface area contributed by atoms with Crippen LogP contribution in [0, 0.1) is 6.92 Å². The normalized spacial score (nSPS) is 10.8. The highest BCUT2D eigenvalue weighted by molar-refractivity contribution is 5.89. The summed E-state index contributed by atoms with van der Waals surface area (Å²) >= 11 is 0. The van der Waals surface area contributed by atoms with E-state index >= 15 is 0 Å². The van der Waals surface area contributed by atoms with Crippen molar-refractivity contribution in [3.8, 4) is 11.5 Å². The first-order valence-corrected chi connectivity index (χ1v) is 9.72. The minimum Gasteiger partial charge on any atom is -0.497 e. The lowest BCUT2D eigenvalue weighted by molar-refractivity contribution is -0.129. The maximum atomic E-state index is 12.2. The van der Waals surface area contributed by atoms with Gasteiger partial charge < -0.3 is 13.9 Å². The van der Waals surface area contributed by atoms with Crippen LogP contribution in [0.15, 0.2) is 47.1 Å². The van der Waals surface area contributed by atoms with Crippen LogP contribution in [-0.2, 0) is 16.0 Å². The van der Waals surface area contributed by atoms with Crippen LogP contribution in [-0.4, -0.2) is 25.5 Å². The molecule has 0 radical (unpaired) electrons. The van der Waals surface area contributed by atoms with E-state index in [0.717, 1.165) is 22.1 Å². The number of nitrogens with one attached hydrogen (secondary N) is 2. The quantitative estimate of drug-likeness (QED) is 0.581. The second-order valence-electron chi connectivity index (χ2n) is 7.38. The van der Waals surface area contributed by atoms with Gasteiger partial charge in [-0.1, -0.05) is 26.0 Å². The molecule has 30 heavy (non-hydrogen) atoms. The Hall–Kier alpha value is -3.48. The molecule has 1 aromatic heterocycles. The lowest BCUT2D eigenvalue weighted by Gasteiger charge is -2.15. The second-order valence-corrected chi connectivity index (χ2v) is 7.38. The van der Waals surface area contributed by atoms with E-state index in [4.69, 9.17) is 13.9 Å². The molecule has 0 aliphatic rings. The van der Waals surface area contributed by atoms with Crippen LogP contribution in [0.3, 0.4) is 0 Å². The van der Waals surface area contributed by atoms with Crippen molar-refractivity contribution in [3.63, 3.8) is 0 Å². The fourth-order valence-electron chi connectivity index (χ4n) is 3.11. The smallest absolute Gasteiger partial charge is 0.276 e. The van der Waals surface area contributed by atoms with Crippen LogP contribution in [0.5, 0.6) is 11.5 Å². The van der Waals surface area contributed by atoms with Gasteiger partial charge in [0.05, 0.1) is 19.8 Å². The Balaban J connectivity index is 1.52. The number of rotatable bonds is 7. The van der Waals surface area contributed by atoms with E-state index in [2.05, 4.69) is 24.7 Å². The summed E-state index contributed by atoms with van der Waals surface area (Å²) in [5.74, 6) is 0.816. The molecule has 2 N–H and O–H groups in total. The predicted octanol–water partition coefficient (Wildman–Crippen LogP) is 3.64. The van der Waals surface area contributed by atoms with Gasteiger partial charge in [0.2, 0.25) is 5.91 Å². The number of carbonyl (C=O) groups is 2. The zero-order valence-electron chi connectivity index (χ0n) is 17.6. The summed E-state index contributed by atoms with van der Waals surface area (Å²) in [5, 5.41) is 0.821. The van der Waals surface area contributed by atoms with Crippen LogP contribution in [0.4, 0.5) is 0 Å². The standard InChI is InChI=1S/C23H26N2O5/c1-14(2)18-7-5-15(3)9-20(18)30-13-23(27)25-24-22(26)10-16-12-29-21-11-17(28-4)6-8-19(16)21/h5-9,11-12,14H,10,13H2,1-4H3,(H,24,26)(H,25,27). The van der Waals surface area contributed by atoms with Gasteiger partial charge in [-0.25, -0.2) is 0 Å². The molecule has 158 valence electrons. The van der Waals surface area contributed by atoms with E-state index in [9.17, 15) is 9.59 Å². The molecule has 3 rings (SSSR count). The van der Waals surface area contributed by atoms with Gasteiger partial charge in [0.25, 0.3) is 5.91 Å². The van der Waals surface area contributed by atoms with E-state index in [0.29, 0.717) is 17.1 Å². The number of fused-ring (bicyclic) bond motifs is 1. The minimum absolute atomic E-state index is 0.0653. The molecule has 2 amide bonds. The number of methoxy groups -OCH3 is 1. The number of furan rings is 1. The van der Waals surface area contributed by atoms with Crippen molar-refractivity contribution in [3.05, 3.63) is 59.4 Å². The Labute approximate surface area is 175 Å².